The summed E-state index contributed by atoms with van der Waals surface area (Å²) in [5.74, 6) is -0.238. The van der Waals surface area contributed by atoms with Crippen molar-refractivity contribution in [2.45, 2.75) is 19.9 Å². The molecular weight excluding hydrogens is 368 g/mol. The maximum absolute atomic E-state index is 12.4. The van der Waals surface area contributed by atoms with E-state index >= 15 is 0 Å². The van der Waals surface area contributed by atoms with Crippen LogP contribution in [0.25, 0.3) is 5.69 Å². The van der Waals surface area contributed by atoms with Gasteiger partial charge in [0.2, 0.25) is 11.8 Å². The minimum absolute atomic E-state index is 0.0627. The summed E-state index contributed by atoms with van der Waals surface area (Å²) in [5, 5.41) is 9.69. The molecule has 0 aliphatic rings. The van der Waals surface area contributed by atoms with Crippen LogP contribution in [0.5, 0.6) is 0 Å². The zero-order valence-electron chi connectivity index (χ0n) is 16.7. The molecule has 2 N–H and O–H groups in total. The molecule has 1 atom stereocenters. The molecule has 0 spiro atoms. The molecule has 0 bridgehead atoms. The molecule has 0 aliphatic heterocycles. The van der Waals surface area contributed by atoms with E-state index in [4.69, 9.17) is 0 Å². The highest BCUT2D eigenvalue weighted by Crippen LogP contribution is 2.20. The number of rotatable bonds is 7. The first kappa shape index (κ1) is 20.2. The van der Waals surface area contributed by atoms with Gasteiger partial charge in [0.25, 0.3) is 0 Å². The van der Waals surface area contributed by atoms with Crippen molar-refractivity contribution in [1.29, 1.82) is 0 Å². The fraction of sp³-hybridized carbons (Fsp3) is 0.238. The average molecular weight is 392 g/mol. The van der Waals surface area contributed by atoms with Crippen molar-refractivity contribution >= 4 is 23.2 Å². The van der Waals surface area contributed by atoms with Gasteiger partial charge in [-0.25, -0.2) is 9.67 Å². The quantitative estimate of drug-likeness (QED) is 0.645. The number of likely N-dealkylation sites (N-methyl/N-ethyl adjacent to an activating group) is 1. The van der Waals surface area contributed by atoms with E-state index in [-0.39, 0.29) is 24.4 Å². The lowest BCUT2D eigenvalue weighted by molar-refractivity contribution is -0.117. The monoisotopic (exact) mass is 392 g/mol. The van der Waals surface area contributed by atoms with E-state index in [0.29, 0.717) is 11.4 Å². The van der Waals surface area contributed by atoms with Gasteiger partial charge in [0, 0.05) is 24.3 Å². The van der Waals surface area contributed by atoms with Crippen molar-refractivity contribution in [2.75, 3.05) is 24.2 Å². The van der Waals surface area contributed by atoms with Crippen molar-refractivity contribution in [3.8, 4) is 5.69 Å². The third kappa shape index (κ3) is 5.49. The van der Waals surface area contributed by atoms with Crippen molar-refractivity contribution in [3.63, 3.8) is 0 Å². The van der Waals surface area contributed by atoms with Gasteiger partial charge < -0.3 is 10.6 Å². The van der Waals surface area contributed by atoms with Gasteiger partial charge in [-0.2, -0.15) is 5.10 Å². The summed E-state index contributed by atoms with van der Waals surface area (Å²) >= 11 is 0. The Kier molecular flexibility index (Phi) is 6.36. The molecule has 0 unspecified atom stereocenters. The maximum Gasteiger partial charge on any atom is 0.238 e. The molecule has 0 radical (unpaired) electrons. The van der Waals surface area contributed by atoms with Crippen LogP contribution in [0.15, 0.2) is 61.2 Å². The lowest BCUT2D eigenvalue weighted by atomic mass is 10.1. The number of hydrogen-bond donors (Lipinski definition) is 2. The second-order valence-corrected chi connectivity index (χ2v) is 6.83. The maximum atomic E-state index is 12.4. The molecule has 0 saturated carbocycles. The first-order chi connectivity index (χ1) is 13.9. The van der Waals surface area contributed by atoms with Crippen molar-refractivity contribution in [1.82, 2.24) is 19.7 Å². The van der Waals surface area contributed by atoms with Gasteiger partial charge in [-0.3, -0.25) is 14.5 Å². The van der Waals surface area contributed by atoms with Gasteiger partial charge in [0.15, 0.2) is 0 Å². The Morgan fingerprint density at radius 1 is 1.03 bits per heavy atom. The number of benzene rings is 2. The lowest BCUT2D eigenvalue weighted by Crippen LogP contribution is -2.32. The molecule has 8 nitrogen and oxygen atoms in total. The molecule has 1 heterocycles. The zero-order valence-corrected chi connectivity index (χ0v) is 16.7. The standard InChI is InChI=1S/C21H24N6O2/c1-15(17-4-10-20(11-5-17)27-14-22-13-23-27)26(3)12-21(29)25-19-8-6-18(7-9-19)24-16(2)28/h4-11,13-15H,12H2,1-3H3,(H,24,28)(H,25,29)/t15-/m0/s1. The van der Waals surface area contributed by atoms with Gasteiger partial charge in [0.1, 0.15) is 12.7 Å². The highest BCUT2D eigenvalue weighted by Gasteiger charge is 2.15. The van der Waals surface area contributed by atoms with Gasteiger partial charge in [-0.15, -0.1) is 0 Å². The number of amides is 2. The van der Waals surface area contributed by atoms with E-state index in [9.17, 15) is 9.59 Å². The normalized spacial score (nSPS) is 11.9. The van der Waals surface area contributed by atoms with Crippen molar-refractivity contribution in [3.05, 3.63) is 66.7 Å². The zero-order chi connectivity index (χ0) is 20.8. The predicted molar refractivity (Wildman–Crippen MR) is 112 cm³/mol. The van der Waals surface area contributed by atoms with Crippen LogP contribution in [0.2, 0.25) is 0 Å². The number of aromatic nitrogens is 3. The lowest BCUT2D eigenvalue weighted by Gasteiger charge is -2.24. The van der Waals surface area contributed by atoms with Crippen LogP contribution in [0.1, 0.15) is 25.5 Å². The summed E-state index contributed by atoms with van der Waals surface area (Å²) < 4.78 is 1.70. The van der Waals surface area contributed by atoms with Crippen LogP contribution in [0.3, 0.4) is 0 Å². The molecule has 3 aromatic rings. The van der Waals surface area contributed by atoms with Gasteiger partial charge >= 0.3 is 0 Å². The molecule has 3 rings (SSSR count). The fourth-order valence-corrected chi connectivity index (χ4v) is 2.91. The molecule has 2 aromatic carbocycles. The number of nitrogens with one attached hydrogen (secondary N) is 2. The summed E-state index contributed by atoms with van der Waals surface area (Å²) in [6.45, 7) is 3.76. The van der Waals surface area contributed by atoms with Crippen molar-refractivity contribution in [2.24, 2.45) is 0 Å². The number of hydrogen-bond acceptors (Lipinski definition) is 5. The summed E-state index contributed by atoms with van der Waals surface area (Å²) in [7, 11) is 1.91. The van der Waals surface area contributed by atoms with Crippen LogP contribution < -0.4 is 10.6 Å². The number of nitrogens with zero attached hydrogens (tertiary/aromatic N) is 4. The Bertz CT molecular complexity index is 952. The van der Waals surface area contributed by atoms with E-state index in [2.05, 4.69) is 27.6 Å². The van der Waals surface area contributed by atoms with E-state index < -0.39 is 0 Å². The smallest absolute Gasteiger partial charge is 0.238 e. The topological polar surface area (TPSA) is 92.2 Å². The summed E-state index contributed by atoms with van der Waals surface area (Å²) in [4.78, 5) is 29.4. The number of carbonyl (C=O) groups is 2. The van der Waals surface area contributed by atoms with E-state index in [1.165, 1.54) is 13.3 Å². The minimum atomic E-state index is -0.133. The molecule has 1 aromatic heterocycles. The molecular formula is C21H24N6O2. The second-order valence-electron chi connectivity index (χ2n) is 6.83. The Morgan fingerprint density at radius 2 is 1.66 bits per heavy atom. The highest BCUT2D eigenvalue weighted by atomic mass is 16.2. The van der Waals surface area contributed by atoms with Crippen LogP contribution in [0, 0.1) is 0 Å². The molecule has 150 valence electrons. The Morgan fingerprint density at radius 3 is 2.21 bits per heavy atom. The minimum Gasteiger partial charge on any atom is -0.326 e. The van der Waals surface area contributed by atoms with Crippen LogP contribution in [0.4, 0.5) is 11.4 Å². The summed E-state index contributed by atoms with van der Waals surface area (Å²) in [6, 6.07) is 15.1. The largest absolute Gasteiger partial charge is 0.326 e. The van der Waals surface area contributed by atoms with E-state index in [1.807, 2.05) is 36.2 Å². The Labute approximate surface area is 169 Å². The summed E-state index contributed by atoms with van der Waals surface area (Å²) in [6.07, 6.45) is 3.15. The first-order valence-corrected chi connectivity index (χ1v) is 9.25. The van der Waals surface area contributed by atoms with Crippen LogP contribution in [-0.4, -0.2) is 45.1 Å². The fourth-order valence-electron chi connectivity index (χ4n) is 2.91. The van der Waals surface area contributed by atoms with Crippen LogP contribution >= 0.6 is 0 Å². The third-order valence-corrected chi connectivity index (χ3v) is 4.60. The first-order valence-electron chi connectivity index (χ1n) is 9.25. The number of anilines is 2. The Hall–Kier alpha value is -3.52. The van der Waals surface area contributed by atoms with Gasteiger partial charge in [-0.1, -0.05) is 12.1 Å². The van der Waals surface area contributed by atoms with Crippen molar-refractivity contribution < 1.29 is 9.59 Å². The van der Waals surface area contributed by atoms with E-state index in [1.54, 1.807) is 35.3 Å². The van der Waals surface area contributed by atoms with Gasteiger partial charge in [0.05, 0.1) is 12.2 Å². The molecule has 0 saturated heterocycles. The molecule has 0 aliphatic carbocycles. The second kappa shape index (κ2) is 9.11. The molecule has 2 amide bonds. The SMILES string of the molecule is CC(=O)Nc1ccc(NC(=O)CN(C)[C@@H](C)c2ccc(-n3cncn3)cc2)cc1. The third-order valence-electron chi connectivity index (χ3n) is 4.60. The number of carbonyl (C=O) groups excluding carboxylic acids is 2. The van der Waals surface area contributed by atoms with Gasteiger partial charge in [-0.05, 0) is 55.9 Å². The molecule has 0 fully saturated rings. The average Bonchev–Trinajstić information content (AvgIpc) is 3.23. The Balaban J connectivity index is 1.55. The van der Waals surface area contributed by atoms with E-state index in [0.717, 1.165) is 11.3 Å². The van der Waals surface area contributed by atoms with Crippen LogP contribution in [-0.2, 0) is 9.59 Å². The molecule has 8 heteroatoms. The molecule has 29 heavy (non-hydrogen) atoms. The predicted octanol–water partition coefficient (Wildman–Crippen LogP) is 2.86. The summed E-state index contributed by atoms with van der Waals surface area (Å²) in [5.41, 5.74) is 3.41. The highest BCUT2D eigenvalue weighted by molar-refractivity contribution is 5.93.